The molecule has 0 saturated carbocycles. The van der Waals surface area contributed by atoms with E-state index in [2.05, 4.69) is 22.3 Å². The van der Waals surface area contributed by atoms with Crippen LogP contribution in [0.25, 0.3) is 0 Å². The summed E-state index contributed by atoms with van der Waals surface area (Å²) >= 11 is 0. The summed E-state index contributed by atoms with van der Waals surface area (Å²) in [5.41, 5.74) is 5.20. The molecule has 1 saturated heterocycles. The molecule has 0 unspecified atom stereocenters. The molecule has 1 fully saturated rings. The highest BCUT2D eigenvalue weighted by Crippen LogP contribution is 2.22. The number of nitrogens with zero attached hydrogens (tertiary/aromatic N) is 2. The fourth-order valence-corrected chi connectivity index (χ4v) is 5.14. The highest BCUT2D eigenvalue weighted by molar-refractivity contribution is 7.92. The molecule has 0 radical (unpaired) electrons. The van der Waals surface area contributed by atoms with Crippen molar-refractivity contribution in [2.24, 2.45) is 0 Å². The summed E-state index contributed by atoms with van der Waals surface area (Å²) in [6.45, 7) is 6.87. The number of carbonyl (C=O) groups is 1. The van der Waals surface area contributed by atoms with Crippen LogP contribution in [-0.2, 0) is 34.4 Å². The largest absolute Gasteiger partial charge is 0.379 e. The van der Waals surface area contributed by atoms with Crippen molar-refractivity contribution in [3.63, 3.8) is 0 Å². The number of amides is 1. The zero-order chi connectivity index (χ0) is 25.5. The molecule has 36 heavy (non-hydrogen) atoms. The van der Waals surface area contributed by atoms with Gasteiger partial charge in [0.1, 0.15) is 0 Å². The molecule has 4 rings (SSSR count). The first-order valence-corrected chi connectivity index (χ1v) is 13.9. The van der Waals surface area contributed by atoms with Gasteiger partial charge in [-0.15, -0.1) is 0 Å². The highest BCUT2D eigenvalue weighted by Gasteiger charge is 2.19. The summed E-state index contributed by atoms with van der Waals surface area (Å²) in [4.78, 5) is 15.1. The molecule has 8 heteroatoms. The van der Waals surface area contributed by atoms with Crippen molar-refractivity contribution in [3.05, 3.63) is 101 Å². The van der Waals surface area contributed by atoms with Crippen molar-refractivity contribution >= 4 is 21.6 Å². The van der Waals surface area contributed by atoms with Gasteiger partial charge in [-0.2, -0.15) is 0 Å². The van der Waals surface area contributed by atoms with Gasteiger partial charge in [0.15, 0.2) is 0 Å². The van der Waals surface area contributed by atoms with Gasteiger partial charge in [0.2, 0.25) is 10.0 Å². The van der Waals surface area contributed by atoms with Crippen LogP contribution < -0.4 is 9.62 Å². The van der Waals surface area contributed by atoms with Gasteiger partial charge in [0.25, 0.3) is 5.91 Å². The fraction of sp³-hybridized carbons (Fsp3) is 0.321. The maximum Gasteiger partial charge on any atom is 0.251 e. The van der Waals surface area contributed by atoms with Crippen LogP contribution in [0.5, 0.6) is 0 Å². The normalized spacial score (nSPS) is 14.4. The monoisotopic (exact) mass is 507 g/mol. The van der Waals surface area contributed by atoms with Gasteiger partial charge in [0, 0.05) is 31.7 Å². The Kier molecular flexibility index (Phi) is 8.40. The van der Waals surface area contributed by atoms with E-state index in [9.17, 15) is 13.2 Å². The van der Waals surface area contributed by atoms with Crippen molar-refractivity contribution in [2.75, 3.05) is 36.9 Å². The molecule has 1 aliphatic heterocycles. The van der Waals surface area contributed by atoms with E-state index in [1.807, 2.05) is 43.3 Å². The predicted molar refractivity (Wildman–Crippen MR) is 142 cm³/mol. The van der Waals surface area contributed by atoms with Gasteiger partial charge in [-0.25, -0.2) is 8.42 Å². The van der Waals surface area contributed by atoms with E-state index in [4.69, 9.17) is 4.74 Å². The van der Waals surface area contributed by atoms with Gasteiger partial charge in [-0.1, -0.05) is 48.5 Å². The lowest BCUT2D eigenvalue weighted by molar-refractivity contribution is 0.0342. The molecular weight excluding hydrogens is 474 g/mol. The van der Waals surface area contributed by atoms with E-state index < -0.39 is 10.0 Å². The maximum atomic E-state index is 12.8. The summed E-state index contributed by atoms with van der Waals surface area (Å²) in [5.74, 6) is -0.204. The van der Waals surface area contributed by atoms with Crippen LogP contribution in [0.1, 0.15) is 32.6 Å². The van der Waals surface area contributed by atoms with Gasteiger partial charge in [0.05, 0.1) is 31.7 Å². The predicted octanol–water partition coefficient (Wildman–Crippen LogP) is 3.72. The molecular formula is C28H33N3O4S. The number of nitrogens with one attached hydrogen (secondary N) is 1. The van der Waals surface area contributed by atoms with Gasteiger partial charge in [-0.05, 0) is 53.4 Å². The Balaban J connectivity index is 1.39. The second-order valence-corrected chi connectivity index (χ2v) is 11.0. The highest BCUT2D eigenvalue weighted by atomic mass is 32.2. The number of hydrogen-bond acceptors (Lipinski definition) is 5. The van der Waals surface area contributed by atoms with Crippen LogP contribution >= 0.6 is 0 Å². The Bertz CT molecular complexity index is 1290. The summed E-state index contributed by atoms with van der Waals surface area (Å²) in [5, 5.41) is 2.97. The molecule has 0 bridgehead atoms. The first-order chi connectivity index (χ1) is 17.3. The summed E-state index contributed by atoms with van der Waals surface area (Å²) in [6, 6.07) is 22.6. The third-order valence-corrected chi connectivity index (χ3v) is 7.49. The van der Waals surface area contributed by atoms with E-state index in [-0.39, 0.29) is 12.5 Å². The van der Waals surface area contributed by atoms with Crippen LogP contribution in [0.3, 0.4) is 0 Å². The van der Waals surface area contributed by atoms with Crippen LogP contribution in [0, 0.1) is 6.92 Å². The number of benzene rings is 3. The topological polar surface area (TPSA) is 79.0 Å². The molecule has 7 nitrogen and oxygen atoms in total. The number of rotatable bonds is 9. The maximum absolute atomic E-state index is 12.8. The molecule has 190 valence electrons. The molecule has 0 spiro atoms. The standard InChI is InChI=1S/C28H33N3O4S/c1-22-6-3-4-9-26(22)21-31(36(2,33)34)27-12-10-25(11-13-27)28(32)29-19-23-7-5-8-24(18-23)20-30-14-16-35-17-15-30/h3-13,18H,14-17,19-21H2,1-2H3,(H,29,32). The number of sulfonamides is 1. The fourth-order valence-electron chi connectivity index (χ4n) is 4.26. The summed E-state index contributed by atoms with van der Waals surface area (Å²) < 4.78 is 31.8. The van der Waals surface area contributed by atoms with Crippen LogP contribution in [0.4, 0.5) is 5.69 Å². The minimum Gasteiger partial charge on any atom is -0.379 e. The Labute approximate surface area is 213 Å². The van der Waals surface area contributed by atoms with Crippen molar-refractivity contribution in [3.8, 4) is 0 Å². The lowest BCUT2D eigenvalue weighted by Crippen LogP contribution is -2.35. The molecule has 3 aromatic carbocycles. The Morgan fingerprint density at radius 1 is 0.972 bits per heavy atom. The van der Waals surface area contributed by atoms with Gasteiger partial charge < -0.3 is 10.1 Å². The van der Waals surface area contributed by atoms with Crippen molar-refractivity contribution in [2.45, 2.75) is 26.6 Å². The van der Waals surface area contributed by atoms with Gasteiger partial charge in [-0.3, -0.25) is 14.0 Å². The number of carbonyl (C=O) groups excluding carboxylic acids is 1. The summed E-state index contributed by atoms with van der Waals surface area (Å²) in [6.07, 6.45) is 1.19. The number of hydrogen-bond donors (Lipinski definition) is 1. The average molecular weight is 508 g/mol. The van der Waals surface area contributed by atoms with Gasteiger partial charge >= 0.3 is 0 Å². The van der Waals surface area contributed by atoms with E-state index in [1.165, 1.54) is 16.1 Å². The van der Waals surface area contributed by atoms with Crippen LogP contribution in [0.2, 0.25) is 0 Å². The van der Waals surface area contributed by atoms with E-state index in [0.29, 0.717) is 17.8 Å². The molecule has 1 aliphatic rings. The molecule has 0 aromatic heterocycles. The Morgan fingerprint density at radius 3 is 2.36 bits per heavy atom. The minimum atomic E-state index is -3.50. The molecule has 0 aliphatic carbocycles. The number of aryl methyl sites for hydroxylation is 1. The second-order valence-electron chi connectivity index (χ2n) is 9.13. The lowest BCUT2D eigenvalue weighted by Gasteiger charge is -2.26. The molecule has 0 atom stereocenters. The lowest BCUT2D eigenvalue weighted by atomic mass is 10.1. The molecule has 1 amide bonds. The second kappa shape index (κ2) is 11.7. The van der Waals surface area contributed by atoms with Crippen molar-refractivity contribution < 1.29 is 17.9 Å². The van der Waals surface area contributed by atoms with E-state index in [1.54, 1.807) is 24.3 Å². The average Bonchev–Trinajstić information content (AvgIpc) is 2.87. The van der Waals surface area contributed by atoms with E-state index >= 15 is 0 Å². The minimum absolute atomic E-state index is 0.204. The van der Waals surface area contributed by atoms with Crippen molar-refractivity contribution in [1.82, 2.24) is 10.2 Å². The van der Waals surface area contributed by atoms with E-state index in [0.717, 1.165) is 49.5 Å². The molecule has 3 aromatic rings. The zero-order valence-corrected chi connectivity index (χ0v) is 21.6. The van der Waals surface area contributed by atoms with Crippen LogP contribution in [-0.4, -0.2) is 51.8 Å². The third kappa shape index (κ3) is 6.94. The first-order valence-electron chi connectivity index (χ1n) is 12.1. The SMILES string of the molecule is Cc1ccccc1CN(c1ccc(C(=O)NCc2cccc(CN3CCOCC3)c2)cc1)S(C)(=O)=O. The third-order valence-electron chi connectivity index (χ3n) is 6.35. The number of morpholine rings is 1. The Hall–Kier alpha value is -3.20. The van der Waals surface area contributed by atoms with Crippen molar-refractivity contribution in [1.29, 1.82) is 0 Å². The quantitative estimate of drug-likeness (QED) is 0.478. The smallest absolute Gasteiger partial charge is 0.251 e. The number of anilines is 1. The summed E-state index contributed by atoms with van der Waals surface area (Å²) in [7, 11) is -3.50. The molecule has 1 heterocycles. The Morgan fingerprint density at radius 2 is 1.67 bits per heavy atom. The zero-order valence-electron chi connectivity index (χ0n) is 20.8. The first kappa shape index (κ1) is 25.9. The molecule has 1 N–H and O–H groups in total. The number of ether oxygens (including phenoxy) is 1. The van der Waals surface area contributed by atoms with Crippen LogP contribution in [0.15, 0.2) is 72.8 Å².